The van der Waals surface area contributed by atoms with E-state index in [1.807, 2.05) is 6.92 Å². The van der Waals surface area contributed by atoms with Crippen LogP contribution in [0.4, 0.5) is 5.69 Å². The molecule has 1 unspecified atom stereocenters. The topological polar surface area (TPSA) is 55.1 Å². The number of carbonyl (C=O) groups excluding carboxylic acids is 1. The Bertz CT molecular complexity index is 348. The molecule has 1 amide bonds. The van der Waals surface area contributed by atoms with Crippen LogP contribution in [0.25, 0.3) is 0 Å². The van der Waals surface area contributed by atoms with Gasteiger partial charge in [-0.1, -0.05) is 36.2 Å². The van der Waals surface area contributed by atoms with Crippen LogP contribution in [0, 0.1) is 0 Å². The van der Waals surface area contributed by atoms with Gasteiger partial charge in [0.1, 0.15) is 0 Å². The molecule has 0 fully saturated rings. The third-order valence-corrected chi connectivity index (χ3v) is 2.62. The molecule has 0 saturated carbocycles. The monoisotopic (exact) mass is 246 g/mol. The number of nitrogens with one attached hydrogen (secondary N) is 1. The van der Waals surface area contributed by atoms with E-state index in [-0.39, 0.29) is 5.91 Å². The van der Waals surface area contributed by atoms with Crippen molar-refractivity contribution in [2.75, 3.05) is 5.32 Å². The van der Waals surface area contributed by atoms with Gasteiger partial charge in [-0.15, -0.1) is 0 Å². The van der Waals surface area contributed by atoms with Crippen molar-refractivity contribution in [1.29, 1.82) is 0 Å². The molecule has 1 aromatic rings. The summed E-state index contributed by atoms with van der Waals surface area (Å²) in [4.78, 5) is 11.5. The van der Waals surface area contributed by atoms with Crippen molar-refractivity contribution in [3.8, 4) is 0 Å². The molecule has 0 radical (unpaired) electrons. The van der Waals surface area contributed by atoms with Gasteiger partial charge >= 0.3 is 0 Å². The molecule has 1 aromatic carbocycles. The van der Waals surface area contributed by atoms with E-state index in [2.05, 4.69) is 5.32 Å². The maximum absolute atomic E-state index is 11.5. The SMILES string of the molecule is CCC(N)C(=O)Nc1c(Cl)cccc1Cl. The standard InChI is InChI=1S/C10H12Cl2N2O/c1-2-8(13)10(15)14-9-6(11)4-3-5-7(9)12/h3-5,8H,2,13H2,1H3,(H,14,15). The Morgan fingerprint density at radius 1 is 1.47 bits per heavy atom. The van der Waals surface area contributed by atoms with E-state index >= 15 is 0 Å². The number of benzene rings is 1. The highest BCUT2D eigenvalue weighted by atomic mass is 35.5. The molecule has 0 saturated heterocycles. The average molecular weight is 247 g/mol. The number of carbonyl (C=O) groups is 1. The Morgan fingerprint density at radius 3 is 2.47 bits per heavy atom. The molecule has 0 aromatic heterocycles. The lowest BCUT2D eigenvalue weighted by Gasteiger charge is -2.12. The summed E-state index contributed by atoms with van der Waals surface area (Å²) in [5, 5.41) is 3.41. The Kier molecular flexibility index (Phi) is 4.39. The van der Waals surface area contributed by atoms with Crippen molar-refractivity contribution in [2.24, 2.45) is 5.73 Å². The van der Waals surface area contributed by atoms with Crippen LogP contribution < -0.4 is 11.1 Å². The molecular formula is C10H12Cl2N2O. The van der Waals surface area contributed by atoms with Crippen molar-refractivity contribution in [2.45, 2.75) is 19.4 Å². The third-order valence-electron chi connectivity index (χ3n) is 1.99. The van der Waals surface area contributed by atoms with E-state index < -0.39 is 6.04 Å². The van der Waals surface area contributed by atoms with E-state index in [9.17, 15) is 4.79 Å². The Balaban J connectivity index is 2.85. The van der Waals surface area contributed by atoms with Crippen LogP contribution in [-0.2, 0) is 4.79 Å². The average Bonchev–Trinajstić information content (AvgIpc) is 2.22. The van der Waals surface area contributed by atoms with Crippen molar-refractivity contribution >= 4 is 34.8 Å². The summed E-state index contributed by atoms with van der Waals surface area (Å²) >= 11 is 11.8. The summed E-state index contributed by atoms with van der Waals surface area (Å²) < 4.78 is 0. The lowest BCUT2D eigenvalue weighted by molar-refractivity contribution is -0.117. The highest BCUT2D eigenvalue weighted by Crippen LogP contribution is 2.29. The third kappa shape index (κ3) is 3.09. The molecule has 1 atom stereocenters. The molecule has 0 spiro atoms. The van der Waals surface area contributed by atoms with Gasteiger partial charge in [-0.2, -0.15) is 0 Å². The van der Waals surface area contributed by atoms with Crippen molar-refractivity contribution in [3.05, 3.63) is 28.2 Å². The van der Waals surface area contributed by atoms with Crippen molar-refractivity contribution in [3.63, 3.8) is 0 Å². The molecule has 0 bridgehead atoms. The van der Waals surface area contributed by atoms with Gasteiger partial charge in [0.15, 0.2) is 0 Å². The highest BCUT2D eigenvalue weighted by molar-refractivity contribution is 6.39. The largest absolute Gasteiger partial charge is 0.322 e. The zero-order valence-electron chi connectivity index (χ0n) is 8.26. The predicted molar refractivity (Wildman–Crippen MR) is 63.4 cm³/mol. The van der Waals surface area contributed by atoms with Crippen LogP contribution in [0.15, 0.2) is 18.2 Å². The molecule has 0 aliphatic rings. The molecule has 3 nitrogen and oxygen atoms in total. The summed E-state index contributed by atoms with van der Waals surface area (Å²) in [5.41, 5.74) is 5.98. The molecule has 1 rings (SSSR count). The fourth-order valence-electron chi connectivity index (χ4n) is 1.02. The van der Waals surface area contributed by atoms with E-state index in [1.54, 1.807) is 18.2 Å². The molecular weight excluding hydrogens is 235 g/mol. The second-order valence-corrected chi connectivity index (χ2v) is 3.92. The van der Waals surface area contributed by atoms with Crippen LogP contribution in [0.1, 0.15) is 13.3 Å². The Hall–Kier alpha value is -0.770. The maximum Gasteiger partial charge on any atom is 0.241 e. The van der Waals surface area contributed by atoms with E-state index in [0.29, 0.717) is 22.2 Å². The van der Waals surface area contributed by atoms with Crippen LogP contribution in [0.2, 0.25) is 10.0 Å². The first kappa shape index (κ1) is 12.3. The van der Waals surface area contributed by atoms with E-state index in [4.69, 9.17) is 28.9 Å². The Labute approximate surface area is 98.5 Å². The normalized spacial score (nSPS) is 12.3. The van der Waals surface area contributed by atoms with Gasteiger partial charge in [0.2, 0.25) is 5.91 Å². The second kappa shape index (κ2) is 5.35. The van der Waals surface area contributed by atoms with E-state index in [1.165, 1.54) is 0 Å². The van der Waals surface area contributed by atoms with Crippen LogP contribution in [0.5, 0.6) is 0 Å². The molecule has 15 heavy (non-hydrogen) atoms. The van der Waals surface area contributed by atoms with Crippen molar-refractivity contribution < 1.29 is 4.79 Å². The number of hydrogen-bond acceptors (Lipinski definition) is 2. The number of anilines is 1. The van der Waals surface area contributed by atoms with Gasteiger partial charge in [0.25, 0.3) is 0 Å². The number of halogens is 2. The molecule has 3 N–H and O–H groups in total. The lowest BCUT2D eigenvalue weighted by Crippen LogP contribution is -2.34. The second-order valence-electron chi connectivity index (χ2n) is 3.10. The van der Waals surface area contributed by atoms with Gasteiger partial charge in [-0.05, 0) is 18.6 Å². The molecule has 82 valence electrons. The first-order valence-electron chi connectivity index (χ1n) is 4.56. The molecule has 5 heteroatoms. The number of para-hydroxylation sites is 1. The van der Waals surface area contributed by atoms with Gasteiger partial charge in [-0.25, -0.2) is 0 Å². The number of amides is 1. The van der Waals surface area contributed by atoms with E-state index in [0.717, 1.165) is 0 Å². The number of nitrogens with two attached hydrogens (primary N) is 1. The summed E-state index contributed by atoms with van der Waals surface area (Å²) in [5.74, 6) is -0.285. The molecule has 0 aliphatic heterocycles. The fraction of sp³-hybridized carbons (Fsp3) is 0.300. The van der Waals surface area contributed by atoms with Gasteiger partial charge in [0.05, 0.1) is 21.8 Å². The zero-order valence-corrected chi connectivity index (χ0v) is 9.77. The summed E-state index contributed by atoms with van der Waals surface area (Å²) in [6, 6.07) is 4.47. The first-order valence-corrected chi connectivity index (χ1v) is 5.32. The van der Waals surface area contributed by atoms with Crippen LogP contribution in [-0.4, -0.2) is 11.9 Å². The Morgan fingerprint density at radius 2 is 2.00 bits per heavy atom. The predicted octanol–water partition coefficient (Wildman–Crippen LogP) is 2.67. The summed E-state index contributed by atoms with van der Waals surface area (Å²) in [7, 11) is 0. The fourth-order valence-corrected chi connectivity index (χ4v) is 1.51. The van der Waals surface area contributed by atoms with Gasteiger partial charge in [0, 0.05) is 0 Å². The van der Waals surface area contributed by atoms with Crippen molar-refractivity contribution in [1.82, 2.24) is 0 Å². The zero-order chi connectivity index (χ0) is 11.4. The number of hydrogen-bond donors (Lipinski definition) is 2. The molecule has 0 aliphatic carbocycles. The van der Waals surface area contributed by atoms with Gasteiger partial charge in [-0.3, -0.25) is 4.79 Å². The summed E-state index contributed by atoms with van der Waals surface area (Å²) in [6.45, 7) is 1.83. The maximum atomic E-state index is 11.5. The first-order chi connectivity index (χ1) is 7.06. The number of rotatable bonds is 3. The van der Waals surface area contributed by atoms with Crippen LogP contribution in [0.3, 0.4) is 0 Å². The minimum absolute atomic E-state index is 0.285. The minimum atomic E-state index is -0.544. The smallest absolute Gasteiger partial charge is 0.241 e. The lowest BCUT2D eigenvalue weighted by atomic mass is 10.2. The minimum Gasteiger partial charge on any atom is -0.322 e. The summed E-state index contributed by atoms with van der Waals surface area (Å²) in [6.07, 6.45) is 0.563. The van der Waals surface area contributed by atoms with Crippen LogP contribution >= 0.6 is 23.2 Å². The quantitative estimate of drug-likeness (QED) is 0.862. The highest BCUT2D eigenvalue weighted by Gasteiger charge is 2.14. The van der Waals surface area contributed by atoms with Gasteiger partial charge < -0.3 is 11.1 Å². The molecule has 0 heterocycles.